The molecular weight excluding hydrogens is 276 g/mol. The molecule has 1 N–H and O–H groups in total. The summed E-state index contributed by atoms with van der Waals surface area (Å²) in [7, 11) is 1.96. The zero-order chi connectivity index (χ0) is 16.1. The fraction of sp³-hybridized carbons (Fsp3) is 0.353. The third-order valence-corrected chi connectivity index (χ3v) is 3.13. The van der Waals surface area contributed by atoms with E-state index in [1.807, 2.05) is 44.0 Å². The number of rotatable bonds is 5. The first-order chi connectivity index (χ1) is 10.5. The summed E-state index contributed by atoms with van der Waals surface area (Å²) in [5.74, 6) is 1.16. The summed E-state index contributed by atoms with van der Waals surface area (Å²) in [6.07, 6.45) is 0. The van der Waals surface area contributed by atoms with E-state index in [1.54, 1.807) is 13.0 Å². The van der Waals surface area contributed by atoms with Crippen LogP contribution in [0.4, 0.5) is 5.82 Å². The van der Waals surface area contributed by atoms with E-state index in [1.165, 1.54) is 5.56 Å². The van der Waals surface area contributed by atoms with Gasteiger partial charge in [-0.1, -0.05) is 30.3 Å². The SMILES string of the molecule is Cc1nc(C(=O)NC(C)C)cc(N(C)Cc2ccccc2)n1. The van der Waals surface area contributed by atoms with E-state index in [2.05, 4.69) is 27.4 Å². The quantitative estimate of drug-likeness (QED) is 0.921. The molecule has 2 aromatic rings. The van der Waals surface area contributed by atoms with Crippen LogP contribution in [0.3, 0.4) is 0 Å². The smallest absolute Gasteiger partial charge is 0.270 e. The topological polar surface area (TPSA) is 58.1 Å². The zero-order valence-corrected chi connectivity index (χ0v) is 13.5. The minimum Gasteiger partial charge on any atom is -0.355 e. The van der Waals surface area contributed by atoms with Crippen LogP contribution in [0.5, 0.6) is 0 Å². The molecule has 0 atom stereocenters. The van der Waals surface area contributed by atoms with Crippen molar-refractivity contribution in [1.29, 1.82) is 0 Å². The molecule has 1 heterocycles. The Kier molecular flexibility index (Phi) is 5.09. The minimum atomic E-state index is -0.171. The molecule has 1 aromatic heterocycles. The molecular formula is C17H22N4O. The van der Waals surface area contributed by atoms with Gasteiger partial charge in [0.05, 0.1) is 0 Å². The van der Waals surface area contributed by atoms with E-state index in [-0.39, 0.29) is 11.9 Å². The average Bonchev–Trinajstić information content (AvgIpc) is 2.47. The highest BCUT2D eigenvalue weighted by Crippen LogP contribution is 2.14. The van der Waals surface area contributed by atoms with Gasteiger partial charge >= 0.3 is 0 Å². The number of benzene rings is 1. The van der Waals surface area contributed by atoms with Crippen molar-refractivity contribution in [2.75, 3.05) is 11.9 Å². The fourth-order valence-electron chi connectivity index (χ4n) is 2.14. The summed E-state index contributed by atoms with van der Waals surface area (Å²) in [4.78, 5) is 22.8. The van der Waals surface area contributed by atoms with Crippen molar-refractivity contribution in [2.45, 2.75) is 33.4 Å². The Labute approximate surface area is 131 Å². The number of hydrogen-bond acceptors (Lipinski definition) is 4. The largest absolute Gasteiger partial charge is 0.355 e. The van der Waals surface area contributed by atoms with Gasteiger partial charge in [-0.3, -0.25) is 4.79 Å². The Morgan fingerprint density at radius 1 is 1.23 bits per heavy atom. The van der Waals surface area contributed by atoms with Crippen molar-refractivity contribution < 1.29 is 4.79 Å². The first kappa shape index (κ1) is 15.9. The molecule has 2 rings (SSSR count). The number of carbonyl (C=O) groups excluding carboxylic acids is 1. The van der Waals surface area contributed by atoms with Crippen molar-refractivity contribution >= 4 is 11.7 Å². The maximum absolute atomic E-state index is 12.1. The minimum absolute atomic E-state index is 0.0771. The van der Waals surface area contributed by atoms with E-state index < -0.39 is 0 Å². The monoisotopic (exact) mass is 298 g/mol. The standard InChI is InChI=1S/C17H22N4O/c1-12(2)18-17(22)15-10-16(20-13(3)19-15)21(4)11-14-8-6-5-7-9-14/h5-10,12H,11H2,1-4H3,(H,18,22). The van der Waals surface area contributed by atoms with E-state index >= 15 is 0 Å². The molecule has 1 aromatic carbocycles. The number of amides is 1. The summed E-state index contributed by atoms with van der Waals surface area (Å²) >= 11 is 0. The summed E-state index contributed by atoms with van der Waals surface area (Å²) in [6, 6.07) is 12.0. The molecule has 5 heteroatoms. The van der Waals surface area contributed by atoms with Gasteiger partial charge in [-0.25, -0.2) is 9.97 Å². The normalized spacial score (nSPS) is 10.6. The van der Waals surface area contributed by atoms with Crippen LogP contribution in [-0.4, -0.2) is 29.0 Å². The molecule has 22 heavy (non-hydrogen) atoms. The van der Waals surface area contributed by atoms with E-state index in [0.29, 0.717) is 11.5 Å². The molecule has 0 aliphatic carbocycles. The van der Waals surface area contributed by atoms with Crippen molar-refractivity contribution in [2.24, 2.45) is 0 Å². The number of nitrogens with one attached hydrogen (secondary N) is 1. The molecule has 0 aliphatic rings. The molecule has 0 radical (unpaired) electrons. The van der Waals surface area contributed by atoms with Crippen molar-refractivity contribution in [1.82, 2.24) is 15.3 Å². The molecule has 0 spiro atoms. The van der Waals surface area contributed by atoms with Crippen LogP contribution in [0.2, 0.25) is 0 Å². The van der Waals surface area contributed by atoms with E-state index in [0.717, 1.165) is 12.4 Å². The summed E-state index contributed by atoms with van der Waals surface area (Å²) in [5.41, 5.74) is 1.59. The van der Waals surface area contributed by atoms with E-state index in [9.17, 15) is 4.79 Å². The Hall–Kier alpha value is -2.43. The Morgan fingerprint density at radius 2 is 1.91 bits per heavy atom. The third-order valence-electron chi connectivity index (χ3n) is 3.13. The molecule has 1 amide bonds. The maximum Gasteiger partial charge on any atom is 0.270 e. The highest BCUT2D eigenvalue weighted by atomic mass is 16.1. The van der Waals surface area contributed by atoms with Gasteiger partial charge in [-0.15, -0.1) is 0 Å². The number of hydrogen-bond donors (Lipinski definition) is 1. The lowest BCUT2D eigenvalue weighted by atomic mass is 10.2. The van der Waals surface area contributed by atoms with Gasteiger partial charge in [-0.05, 0) is 26.3 Å². The third kappa shape index (κ3) is 4.28. The van der Waals surface area contributed by atoms with Crippen LogP contribution < -0.4 is 10.2 Å². The lowest BCUT2D eigenvalue weighted by molar-refractivity contribution is 0.0937. The lowest BCUT2D eigenvalue weighted by Crippen LogP contribution is -2.31. The number of nitrogens with zero attached hydrogens (tertiary/aromatic N) is 3. The highest BCUT2D eigenvalue weighted by molar-refractivity contribution is 5.93. The molecule has 116 valence electrons. The van der Waals surface area contributed by atoms with Gasteiger partial charge < -0.3 is 10.2 Å². The van der Waals surface area contributed by atoms with Crippen LogP contribution in [-0.2, 0) is 6.54 Å². The molecule has 0 aliphatic heterocycles. The van der Waals surface area contributed by atoms with Gasteiger partial charge in [0.25, 0.3) is 5.91 Å². The second-order valence-corrected chi connectivity index (χ2v) is 5.63. The second-order valence-electron chi connectivity index (χ2n) is 5.63. The Balaban J connectivity index is 2.20. The Morgan fingerprint density at radius 3 is 2.55 bits per heavy atom. The second kappa shape index (κ2) is 7.02. The predicted molar refractivity (Wildman–Crippen MR) is 87.9 cm³/mol. The van der Waals surface area contributed by atoms with Crippen molar-refractivity contribution in [3.05, 3.63) is 53.5 Å². The predicted octanol–water partition coefficient (Wildman–Crippen LogP) is 2.56. The lowest BCUT2D eigenvalue weighted by Gasteiger charge is -2.19. The van der Waals surface area contributed by atoms with Crippen LogP contribution in [0.25, 0.3) is 0 Å². The molecule has 0 saturated carbocycles. The van der Waals surface area contributed by atoms with Gasteiger partial charge in [0.15, 0.2) is 0 Å². The van der Waals surface area contributed by atoms with E-state index in [4.69, 9.17) is 0 Å². The summed E-state index contributed by atoms with van der Waals surface area (Å²) in [5, 5.41) is 2.85. The highest BCUT2D eigenvalue weighted by Gasteiger charge is 2.13. The van der Waals surface area contributed by atoms with Crippen LogP contribution in [0, 0.1) is 6.92 Å². The zero-order valence-electron chi connectivity index (χ0n) is 13.5. The summed E-state index contributed by atoms with van der Waals surface area (Å²) in [6.45, 7) is 6.37. The van der Waals surface area contributed by atoms with Crippen molar-refractivity contribution in [3.63, 3.8) is 0 Å². The van der Waals surface area contributed by atoms with Crippen LogP contribution in [0.1, 0.15) is 35.7 Å². The molecule has 5 nitrogen and oxygen atoms in total. The van der Waals surface area contributed by atoms with Gasteiger partial charge in [-0.2, -0.15) is 0 Å². The molecule has 0 bridgehead atoms. The molecule has 0 saturated heterocycles. The fourth-order valence-corrected chi connectivity index (χ4v) is 2.14. The molecule has 0 unspecified atom stereocenters. The first-order valence-corrected chi connectivity index (χ1v) is 7.37. The number of aryl methyl sites for hydroxylation is 1. The first-order valence-electron chi connectivity index (χ1n) is 7.37. The van der Waals surface area contributed by atoms with Crippen molar-refractivity contribution in [3.8, 4) is 0 Å². The van der Waals surface area contributed by atoms with Gasteiger partial charge in [0.2, 0.25) is 0 Å². The summed E-state index contributed by atoms with van der Waals surface area (Å²) < 4.78 is 0. The maximum atomic E-state index is 12.1. The van der Waals surface area contributed by atoms with Gasteiger partial charge in [0.1, 0.15) is 17.3 Å². The number of carbonyl (C=O) groups is 1. The number of aromatic nitrogens is 2. The van der Waals surface area contributed by atoms with Crippen LogP contribution in [0.15, 0.2) is 36.4 Å². The number of anilines is 1. The average molecular weight is 298 g/mol. The van der Waals surface area contributed by atoms with Gasteiger partial charge in [0, 0.05) is 25.7 Å². The molecule has 0 fully saturated rings. The van der Waals surface area contributed by atoms with Crippen LogP contribution >= 0.6 is 0 Å². The Bertz CT molecular complexity index is 640.